The van der Waals surface area contributed by atoms with Crippen LogP contribution in [0.25, 0.3) is 11.1 Å². The first-order valence-corrected chi connectivity index (χ1v) is 9.59. The molecule has 8 nitrogen and oxygen atoms in total. The molecule has 1 atom stereocenters. The topological polar surface area (TPSA) is 94.5 Å². The fourth-order valence-corrected chi connectivity index (χ4v) is 3.63. The van der Waals surface area contributed by atoms with Crippen molar-refractivity contribution >= 4 is 23.3 Å². The SMILES string of the molecule is COc1ccc(OC)c(NC(=O)CC2C(=O)Nc3c(-c4ccc(F)cc4)c(C)nn32)c1. The molecular weight excluding hydrogens is 403 g/mol. The predicted molar refractivity (Wildman–Crippen MR) is 113 cm³/mol. The number of aryl methyl sites for hydroxylation is 1. The molecule has 1 unspecified atom stereocenters. The Morgan fingerprint density at radius 3 is 2.61 bits per heavy atom. The Morgan fingerprint density at radius 2 is 1.94 bits per heavy atom. The van der Waals surface area contributed by atoms with E-state index in [-0.39, 0.29) is 24.1 Å². The fourth-order valence-electron chi connectivity index (χ4n) is 3.63. The number of hydrogen-bond acceptors (Lipinski definition) is 5. The number of methoxy groups -OCH3 is 2. The molecule has 0 radical (unpaired) electrons. The predicted octanol–water partition coefficient (Wildman–Crippen LogP) is 3.54. The highest BCUT2D eigenvalue weighted by atomic mass is 19.1. The third kappa shape index (κ3) is 3.81. The summed E-state index contributed by atoms with van der Waals surface area (Å²) >= 11 is 0. The molecule has 0 spiro atoms. The summed E-state index contributed by atoms with van der Waals surface area (Å²) in [6, 6.07) is 10.2. The van der Waals surface area contributed by atoms with Gasteiger partial charge in [0.2, 0.25) is 5.91 Å². The van der Waals surface area contributed by atoms with Gasteiger partial charge in [0.1, 0.15) is 29.2 Å². The van der Waals surface area contributed by atoms with Crippen LogP contribution in [-0.2, 0) is 9.59 Å². The molecule has 1 aliphatic rings. The van der Waals surface area contributed by atoms with E-state index in [1.807, 2.05) is 0 Å². The molecule has 2 N–H and O–H groups in total. The average molecular weight is 424 g/mol. The second-order valence-electron chi connectivity index (χ2n) is 7.08. The molecule has 2 aromatic carbocycles. The van der Waals surface area contributed by atoms with Crippen LogP contribution in [0.2, 0.25) is 0 Å². The van der Waals surface area contributed by atoms with Crippen LogP contribution in [0.3, 0.4) is 0 Å². The molecule has 0 saturated heterocycles. The minimum atomic E-state index is -0.806. The van der Waals surface area contributed by atoms with Gasteiger partial charge in [0.25, 0.3) is 5.91 Å². The zero-order valence-corrected chi connectivity index (χ0v) is 17.2. The summed E-state index contributed by atoms with van der Waals surface area (Å²) in [4.78, 5) is 25.3. The van der Waals surface area contributed by atoms with E-state index in [4.69, 9.17) is 9.47 Å². The van der Waals surface area contributed by atoms with Crippen LogP contribution in [0, 0.1) is 12.7 Å². The van der Waals surface area contributed by atoms with Crippen LogP contribution in [0.4, 0.5) is 15.9 Å². The number of nitrogens with one attached hydrogen (secondary N) is 2. The van der Waals surface area contributed by atoms with Crippen LogP contribution in [-0.4, -0.2) is 35.8 Å². The minimum Gasteiger partial charge on any atom is -0.497 e. The van der Waals surface area contributed by atoms with Gasteiger partial charge >= 0.3 is 0 Å². The lowest BCUT2D eigenvalue weighted by molar-refractivity contribution is -0.123. The number of ether oxygens (including phenoxy) is 2. The minimum absolute atomic E-state index is 0.122. The normalized spacial score (nSPS) is 14.7. The van der Waals surface area contributed by atoms with E-state index in [2.05, 4.69) is 15.7 Å². The third-order valence-electron chi connectivity index (χ3n) is 5.12. The van der Waals surface area contributed by atoms with Crippen LogP contribution in [0.15, 0.2) is 42.5 Å². The summed E-state index contributed by atoms with van der Waals surface area (Å²) in [5, 5.41) is 10.0. The second-order valence-corrected chi connectivity index (χ2v) is 7.08. The van der Waals surface area contributed by atoms with E-state index in [1.165, 1.54) is 31.0 Å². The molecule has 31 heavy (non-hydrogen) atoms. The van der Waals surface area contributed by atoms with Gasteiger partial charge in [0, 0.05) is 11.6 Å². The number of nitrogens with zero attached hydrogens (tertiary/aromatic N) is 2. The highest BCUT2D eigenvalue weighted by Crippen LogP contribution is 2.38. The number of rotatable bonds is 6. The number of halogens is 1. The standard InChI is InChI=1S/C22H21FN4O4/c1-12-20(13-4-6-14(23)7-5-13)21-25-22(29)17(27(21)26-12)11-19(28)24-16-10-15(30-2)8-9-18(16)31-3/h4-10,17H,11H2,1-3H3,(H,24,28)(H,25,29). The average Bonchev–Trinajstić information content (AvgIpc) is 3.22. The summed E-state index contributed by atoms with van der Waals surface area (Å²) in [6.07, 6.45) is -0.122. The molecule has 2 heterocycles. The smallest absolute Gasteiger partial charge is 0.251 e. The fraction of sp³-hybridized carbons (Fsp3) is 0.227. The van der Waals surface area contributed by atoms with Gasteiger partial charge in [-0.15, -0.1) is 0 Å². The largest absolute Gasteiger partial charge is 0.497 e. The van der Waals surface area contributed by atoms with Crippen molar-refractivity contribution in [2.24, 2.45) is 0 Å². The van der Waals surface area contributed by atoms with Crippen LogP contribution in [0.5, 0.6) is 11.5 Å². The van der Waals surface area contributed by atoms with Crippen LogP contribution >= 0.6 is 0 Å². The first-order valence-electron chi connectivity index (χ1n) is 9.59. The van der Waals surface area contributed by atoms with Crippen LogP contribution in [0.1, 0.15) is 18.2 Å². The van der Waals surface area contributed by atoms with Crippen molar-refractivity contribution < 1.29 is 23.5 Å². The lowest BCUT2D eigenvalue weighted by Crippen LogP contribution is -2.24. The van der Waals surface area contributed by atoms with E-state index in [9.17, 15) is 14.0 Å². The molecule has 1 aromatic heterocycles. The van der Waals surface area contributed by atoms with Gasteiger partial charge in [0.05, 0.1) is 32.0 Å². The number of fused-ring (bicyclic) bond motifs is 1. The maximum atomic E-state index is 13.3. The summed E-state index contributed by atoms with van der Waals surface area (Å²) in [5.74, 6) is 0.458. The molecule has 1 aliphatic heterocycles. The Hall–Kier alpha value is -3.88. The van der Waals surface area contributed by atoms with E-state index in [1.54, 1.807) is 37.3 Å². The van der Waals surface area contributed by atoms with Crippen molar-refractivity contribution in [3.8, 4) is 22.6 Å². The Bertz CT molecular complexity index is 1160. The molecule has 0 fully saturated rings. The van der Waals surface area contributed by atoms with Gasteiger partial charge in [-0.1, -0.05) is 12.1 Å². The number of amides is 2. The van der Waals surface area contributed by atoms with E-state index in [0.29, 0.717) is 34.3 Å². The Labute approximate surface area is 178 Å². The highest BCUT2D eigenvalue weighted by molar-refractivity contribution is 6.04. The van der Waals surface area contributed by atoms with E-state index < -0.39 is 6.04 Å². The summed E-state index contributed by atoms with van der Waals surface area (Å²) < 4.78 is 25.3. The molecule has 2 amide bonds. The molecular formula is C22H21FN4O4. The van der Waals surface area contributed by atoms with Gasteiger partial charge in [-0.2, -0.15) is 5.10 Å². The van der Waals surface area contributed by atoms with Crippen molar-refractivity contribution in [2.45, 2.75) is 19.4 Å². The van der Waals surface area contributed by atoms with Gasteiger partial charge in [-0.05, 0) is 36.8 Å². The van der Waals surface area contributed by atoms with Crippen molar-refractivity contribution in [3.05, 3.63) is 54.0 Å². The molecule has 3 aromatic rings. The number of carbonyl (C=O) groups excluding carboxylic acids is 2. The zero-order valence-electron chi connectivity index (χ0n) is 17.2. The molecule has 0 aliphatic carbocycles. The van der Waals surface area contributed by atoms with Crippen molar-refractivity contribution in [1.29, 1.82) is 0 Å². The van der Waals surface area contributed by atoms with E-state index >= 15 is 0 Å². The molecule has 0 bridgehead atoms. The summed E-state index contributed by atoms with van der Waals surface area (Å²) in [7, 11) is 3.02. The summed E-state index contributed by atoms with van der Waals surface area (Å²) in [5.41, 5.74) is 2.54. The van der Waals surface area contributed by atoms with Crippen LogP contribution < -0.4 is 20.1 Å². The monoisotopic (exact) mass is 424 g/mol. The first kappa shape index (κ1) is 20.4. The molecule has 9 heteroatoms. The Kier molecular flexibility index (Phi) is 5.33. The number of hydrogen-bond donors (Lipinski definition) is 2. The molecule has 4 rings (SSSR count). The lowest BCUT2D eigenvalue weighted by Gasteiger charge is -2.13. The quantitative estimate of drug-likeness (QED) is 0.631. The van der Waals surface area contributed by atoms with Gasteiger partial charge in [-0.3, -0.25) is 9.59 Å². The van der Waals surface area contributed by atoms with Gasteiger partial charge in [0.15, 0.2) is 0 Å². The zero-order chi connectivity index (χ0) is 22.1. The number of aromatic nitrogens is 2. The molecule has 0 saturated carbocycles. The molecule has 160 valence electrons. The maximum absolute atomic E-state index is 13.3. The number of benzene rings is 2. The maximum Gasteiger partial charge on any atom is 0.251 e. The van der Waals surface area contributed by atoms with Gasteiger partial charge < -0.3 is 20.1 Å². The number of anilines is 2. The second kappa shape index (κ2) is 8.10. The van der Waals surface area contributed by atoms with E-state index in [0.717, 1.165) is 5.56 Å². The van der Waals surface area contributed by atoms with Crippen molar-refractivity contribution in [1.82, 2.24) is 9.78 Å². The van der Waals surface area contributed by atoms with Crippen molar-refractivity contribution in [3.63, 3.8) is 0 Å². The number of carbonyl (C=O) groups is 2. The van der Waals surface area contributed by atoms with Gasteiger partial charge in [-0.25, -0.2) is 9.07 Å². The Morgan fingerprint density at radius 1 is 1.19 bits per heavy atom. The first-order chi connectivity index (χ1) is 14.9. The summed E-state index contributed by atoms with van der Waals surface area (Å²) in [6.45, 7) is 1.80. The Balaban J connectivity index is 1.58. The lowest BCUT2D eigenvalue weighted by atomic mass is 10.1. The third-order valence-corrected chi connectivity index (χ3v) is 5.12. The van der Waals surface area contributed by atoms with Crippen molar-refractivity contribution in [2.75, 3.05) is 24.9 Å². The highest BCUT2D eigenvalue weighted by Gasteiger charge is 2.36.